The van der Waals surface area contributed by atoms with Crippen molar-refractivity contribution >= 4 is 11.5 Å². The van der Waals surface area contributed by atoms with Gasteiger partial charge in [-0.05, 0) is 25.2 Å². The van der Waals surface area contributed by atoms with Crippen LogP contribution in [0, 0.1) is 16.0 Å². The molecular weight excluding hydrogens is 272 g/mol. The van der Waals surface area contributed by atoms with Gasteiger partial charge in [0.1, 0.15) is 6.33 Å². The number of hydrogen-bond donors (Lipinski definition) is 1. The van der Waals surface area contributed by atoms with Crippen LogP contribution in [0.3, 0.4) is 0 Å². The zero-order valence-electron chi connectivity index (χ0n) is 12.4. The van der Waals surface area contributed by atoms with E-state index in [4.69, 9.17) is 4.74 Å². The number of rotatable bonds is 7. The quantitative estimate of drug-likeness (QED) is 0.613. The van der Waals surface area contributed by atoms with Crippen LogP contribution in [0.4, 0.5) is 11.5 Å². The Labute approximate surface area is 124 Å². The molecular formula is C14H22N4O3. The lowest BCUT2D eigenvalue weighted by molar-refractivity contribution is -0.385. The van der Waals surface area contributed by atoms with E-state index in [1.807, 2.05) is 6.92 Å². The Morgan fingerprint density at radius 3 is 2.81 bits per heavy atom. The first-order valence-electron chi connectivity index (χ1n) is 7.58. The van der Waals surface area contributed by atoms with Crippen LogP contribution in [0.2, 0.25) is 0 Å². The van der Waals surface area contributed by atoms with Gasteiger partial charge in [0.25, 0.3) is 5.88 Å². The SMILES string of the molecule is CCCNc1ncnc(OCC2CCCCC2)c1[N+](=O)[O-]. The molecule has 1 fully saturated rings. The summed E-state index contributed by atoms with van der Waals surface area (Å²) in [7, 11) is 0. The second-order valence-electron chi connectivity index (χ2n) is 5.37. The number of ether oxygens (including phenoxy) is 1. The Morgan fingerprint density at radius 2 is 2.14 bits per heavy atom. The minimum absolute atomic E-state index is 0.0687. The van der Waals surface area contributed by atoms with Gasteiger partial charge in [-0.3, -0.25) is 10.1 Å². The predicted octanol–water partition coefficient (Wildman–Crippen LogP) is 3.17. The van der Waals surface area contributed by atoms with Crippen LogP contribution in [0.1, 0.15) is 45.4 Å². The van der Waals surface area contributed by atoms with Gasteiger partial charge >= 0.3 is 5.69 Å². The Balaban J connectivity index is 2.07. The van der Waals surface area contributed by atoms with Crippen molar-refractivity contribution in [3.05, 3.63) is 16.4 Å². The molecule has 2 rings (SSSR count). The van der Waals surface area contributed by atoms with E-state index in [0.717, 1.165) is 19.3 Å². The molecule has 0 radical (unpaired) electrons. The van der Waals surface area contributed by atoms with Gasteiger partial charge in [0.2, 0.25) is 5.82 Å². The van der Waals surface area contributed by atoms with Gasteiger partial charge in [-0.25, -0.2) is 4.98 Å². The van der Waals surface area contributed by atoms with Crippen LogP contribution >= 0.6 is 0 Å². The molecule has 21 heavy (non-hydrogen) atoms. The Hall–Kier alpha value is -1.92. The second kappa shape index (κ2) is 7.75. The molecule has 0 bridgehead atoms. The maximum Gasteiger partial charge on any atom is 0.372 e. The fraction of sp³-hybridized carbons (Fsp3) is 0.714. The van der Waals surface area contributed by atoms with Crippen molar-refractivity contribution in [3.8, 4) is 5.88 Å². The van der Waals surface area contributed by atoms with Crippen LogP contribution in [0.5, 0.6) is 5.88 Å². The maximum atomic E-state index is 11.3. The van der Waals surface area contributed by atoms with E-state index in [1.165, 1.54) is 25.6 Å². The molecule has 0 atom stereocenters. The largest absolute Gasteiger partial charge is 0.472 e. The molecule has 7 nitrogen and oxygen atoms in total. The first-order valence-corrected chi connectivity index (χ1v) is 7.58. The third-order valence-electron chi connectivity index (χ3n) is 3.69. The molecule has 0 saturated heterocycles. The summed E-state index contributed by atoms with van der Waals surface area (Å²) in [6.45, 7) is 3.10. The highest BCUT2D eigenvalue weighted by molar-refractivity contribution is 5.61. The highest BCUT2D eigenvalue weighted by atomic mass is 16.6. The third-order valence-corrected chi connectivity index (χ3v) is 3.69. The standard InChI is InChI=1S/C14H22N4O3/c1-2-8-15-13-12(18(19)20)14(17-10-16-13)21-9-11-6-4-3-5-7-11/h10-11H,2-9H2,1H3,(H,15,16,17). The summed E-state index contributed by atoms with van der Waals surface area (Å²) in [6, 6.07) is 0. The molecule has 0 aromatic carbocycles. The van der Waals surface area contributed by atoms with Crippen LogP contribution in [-0.2, 0) is 0 Å². The summed E-state index contributed by atoms with van der Waals surface area (Å²) < 4.78 is 5.63. The predicted molar refractivity (Wildman–Crippen MR) is 79.5 cm³/mol. The fourth-order valence-electron chi connectivity index (χ4n) is 2.56. The van der Waals surface area contributed by atoms with E-state index < -0.39 is 4.92 Å². The molecule has 1 N–H and O–H groups in total. The van der Waals surface area contributed by atoms with Crippen molar-refractivity contribution in [3.63, 3.8) is 0 Å². The van der Waals surface area contributed by atoms with Crippen molar-refractivity contribution < 1.29 is 9.66 Å². The lowest BCUT2D eigenvalue weighted by Gasteiger charge is -2.21. The van der Waals surface area contributed by atoms with Crippen LogP contribution in [0.15, 0.2) is 6.33 Å². The first-order chi connectivity index (χ1) is 10.2. The van der Waals surface area contributed by atoms with Crippen LogP contribution in [0.25, 0.3) is 0 Å². The summed E-state index contributed by atoms with van der Waals surface area (Å²) in [4.78, 5) is 18.7. The lowest BCUT2D eigenvalue weighted by atomic mass is 9.90. The number of nitrogens with zero attached hydrogens (tertiary/aromatic N) is 3. The zero-order valence-corrected chi connectivity index (χ0v) is 12.4. The molecule has 1 aliphatic carbocycles. The fourth-order valence-corrected chi connectivity index (χ4v) is 2.56. The summed E-state index contributed by atoms with van der Waals surface area (Å²) >= 11 is 0. The molecule has 0 spiro atoms. The van der Waals surface area contributed by atoms with Gasteiger partial charge in [0.05, 0.1) is 11.5 Å². The van der Waals surface area contributed by atoms with Gasteiger partial charge in [0, 0.05) is 6.54 Å². The average molecular weight is 294 g/mol. The summed E-state index contributed by atoms with van der Waals surface area (Å²) in [5.74, 6) is 0.773. The first kappa shape index (κ1) is 15.5. The molecule has 116 valence electrons. The number of hydrogen-bond acceptors (Lipinski definition) is 6. The van der Waals surface area contributed by atoms with E-state index in [1.54, 1.807) is 0 Å². The number of anilines is 1. The van der Waals surface area contributed by atoms with Crippen molar-refractivity contribution in [1.82, 2.24) is 9.97 Å². The molecule has 0 aliphatic heterocycles. The normalized spacial score (nSPS) is 15.7. The molecule has 1 saturated carbocycles. The van der Waals surface area contributed by atoms with E-state index >= 15 is 0 Å². The lowest BCUT2D eigenvalue weighted by Crippen LogP contribution is -2.17. The molecule has 1 aromatic heterocycles. The van der Waals surface area contributed by atoms with Crippen LogP contribution < -0.4 is 10.1 Å². The van der Waals surface area contributed by atoms with Crippen molar-refractivity contribution in [2.24, 2.45) is 5.92 Å². The number of aromatic nitrogens is 2. The molecule has 0 unspecified atom stereocenters. The summed E-state index contributed by atoms with van der Waals surface area (Å²) in [5, 5.41) is 14.2. The van der Waals surface area contributed by atoms with E-state index in [2.05, 4.69) is 15.3 Å². The van der Waals surface area contributed by atoms with Crippen molar-refractivity contribution in [2.45, 2.75) is 45.4 Å². The summed E-state index contributed by atoms with van der Waals surface area (Å²) in [6.07, 6.45) is 8.11. The Morgan fingerprint density at radius 1 is 1.38 bits per heavy atom. The van der Waals surface area contributed by atoms with Crippen molar-refractivity contribution in [2.75, 3.05) is 18.5 Å². The zero-order chi connectivity index (χ0) is 15.1. The monoisotopic (exact) mass is 294 g/mol. The average Bonchev–Trinajstić information content (AvgIpc) is 2.51. The minimum atomic E-state index is -0.478. The Bertz CT molecular complexity index is 475. The van der Waals surface area contributed by atoms with E-state index in [-0.39, 0.29) is 17.4 Å². The molecule has 0 amide bonds. The van der Waals surface area contributed by atoms with Gasteiger partial charge in [-0.15, -0.1) is 0 Å². The highest BCUT2D eigenvalue weighted by Gasteiger charge is 2.25. The third kappa shape index (κ3) is 4.27. The number of nitro groups is 1. The smallest absolute Gasteiger partial charge is 0.372 e. The van der Waals surface area contributed by atoms with Gasteiger partial charge in [-0.2, -0.15) is 4.98 Å². The topological polar surface area (TPSA) is 90.2 Å². The minimum Gasteiger partial charge on any atom is -0.472 e. The maximum absolute atomic E-state index is 11.3. The van der Waals surface area contributed by atoms with Gasteiger partial charge < -0.3 is 10.1 Å². The van der Waals surface area contributed by atoms with Crippen LogP contribution in [-0.4, -0.2) is 28.0 Å². The molecule has 7 heteroatoms. The second-order valence-corrected chi connectivity index (χ2v) is 5.37. The van der Waals surface area contributed by atoms with Crippen molar-refractivity contribution in [1.29, 1.82) is 0 Å². The number of nitrogens with one attached hydrogen (secondary N) is 1. The van der Waals surface area contributed by atoms with E-state index in [0.29, 0.717) is 19.1 Å². The van der Waals surface area contributed by atoms with Gasteiger partial charge in [-0.1, -0.05) is 26.2 Å². The van der Waals surface area contributed by atoms with Gasteiger partial charge in [0.15, 0.2) is 0 Å². The van der Waals surface area contributed by atoms with E-state index in [9.17, 15) is 10.1 Å². The summed E-state index contributed by atoms with van der Waals surface area (Å²) in [5.41, 5.74) is -0.165. The molecule has 1 heterocycles. The molecule has 1 aromatic rings. The molecule has 1 aliphatic rings. The highest BCUT2D eigenvalue weighted by Crippen LogP contribution is 2.32. The Kier molecular flexibility index (Phi) is 5.71.